The van der Waals surface area contributed by atoms with Crippen LogP contribution in [0.25, 0.3) is 0 Å². The molecular formula is C15H20N2O3. The van der Waals surface area contributed by atoms with Crippen LogP contribution >= 0.6 is 0 Å². The Kier molecular flexibility index (Phi) is 4.39. The van der Waals surface area contributed by atoms with Gasteiger partial charge >= 0.3 is 5.97 Å². The fraction of sp³-hybridized carbons (Fsp3) is 0.467. The average Bonchev–Trinajstić information content (AvgIpc) is 2.88. The molecule has 0 aliphatic carbocycles. The minimum Gasteiger partial charge on any atom is -0.481 e. The minimum atomic E-state index is -0.930. The third-order valence-electron chi connectivity index (χ3n) is 3.84. The minimum absolute atomic E-state index is 0.107. The molecule has 0 spiro atoms. The number of hydrogen-bond acceptors (Lipinski definition) is 3. The van der Waals surface area contributed by atoms with Crippen LogP contribution in [0.2, 0.25) is 0 Å². The molecule has 0 radical (unpaired) electrons. The molecule has 1 heterocycles. The van der Waals surface area contributed by atoms with E-state index in [4.69, 9.17) is 0 Å². The number of hydrogen-bond donors (Lipinski definition) is 3. The first-order chi connectivity index (χ1) is 9.53. The van der Waals surface area contributed by atoms with Gasteiger partial charge in [-0.05, 0) is 31.9 Å². The summed E-state index contributed by atoms with van der Waals surface area (Å²) in [5.41, 5.74) is 0.129. The van der Waals surface area contributed by atoms with Crippen LogP contribution in [0.15, 0.2) is 30.3 Å². The highest BCUT2D eigenvalue weighted by Crippen LogP contribution is 2.19. The zero-order valence-electron chi connectivity index (χ0n) is 11.6. The highest BCUT2D eigenvalue weighted by molar-refractivity contribution is 5.87. The molecule has 108 valence electrons. The second kappa shape index (κ2) is 6.05. The maximum atomic E-state index is 12.2. The quantitative estimate of drug-likeness (QED) is 0.753. The molecule has 1 saturated heterocycles. The Morgan fingerprint density at radius 2 is 2.10 bits per heavy atom. The highest BCUT2D eigenvalue weighted by atomic mass is 16.4. The molecule has 2 rings (SSSR count). The van der Waals surface area contributed by atoms with E-state index in [1.54, 1.807) is 24.3 Å². The van der Waals surface area contributed by atoms with Gasteiger partial charge in [0, 0.05) is 6.54 Å². The van der Waals surface area contributed by atoms with Crippen molar-refractivity contribution in [2.45, 2.75) is 31.2 Å². The van der Waals surface area contributed by atoms with Crippen molar-refractivity contribution >= 4 is 11.9 Å². The standard InChI is InChI=1S/C15H20N2O3/c1-15(8-5-9-17-15)14(20)16-10-12(13(18)19)11-6-3-2-4-7-11/h2-4,6-7,12,17H,5,8-10H2,1H3,(H,16,20)(H,18,19). The number of nitrogens with one attached hydrogen (secondary N) is 2. The summed E-state index contributed by atoms with van der Waals surface area (Å²) >= 11 is 0. The molecule has 1 amide bonds. The largest absolute Gasteiger partial charge is 0.481 e. The molecule has 1 fully saturated rings. The summed E-state index contributed by atoms with van der Waals surface area (Å²) in [6, 6.07) is 8.96. The van der Waals surface area contributed by atoms with Crippen molar-refractivity contribution in [2.75, 3.05) is 13.1 Å². The maximum Gasteiger partial charge on any atom is 0.312 e. The smallest absolute Gasteiger partial charge is 0.312 e. The van der Waals surface area contributed by atoms with Crippen molar-refractivity contribution in [1.29, 1.82) is 0 Å². The molecular weight excluding hydrogens is 256 g/mol. The molecule has 1 aromatic rings. The molecule has 20 heavy (non-hydrogen) atoms. The Bertz CT molecular complexity index is 481. The van der Waals surface area contributed by atoms with Crippen LogP contribution in [-0.4, -0.2) is 35.6 Å². The summed E-state index contributed by atoms with van der Waals surface area (Å²) in [4.78, 5) is 23.5. The summed E-state index contributed by atoms with van der Waals surface area (Å²) in [5.74, 6) is -1.77. The van der Waals surface area contributed by atoms with E-state index in [1.807, 2.05) is 13.0 Å². The van der Waals surface area contributed by atoms with Gasteiger partial charge in [-0.3, -0.25) is 9.59 Å². The number of aliphatic carboxylic acids is 1. The van der Waals surface area contributed by atoms with Crippen molar-refractivity contribution < 1.29 is 14.7 Å². The van der Waals surface area contributed by atoms with Crippen LogP contribution in [0.5, 0.6) is 0 Å². The molecule has 1 aliphatic rings. The first kappa shape index (κ1) is 14.5. The fourth-order valence-electron chi connectivity index (χ4n) is 2.51. The second-order valence-corrected chi connectivity index (χ2v) is 5.37. The van der Waals surface area contributed by atoms with Crippen LogP contribution in [0.3, 0.4) is 0 Å². The highest BCUT2D eigenvalue weighted by Gasteiger charge is 2.36. The van der Waals surface area contributed by atoms with Crippen molar-refractivity contribution in [3.05, 3.63) is 35.9 Å². The second-order valence-electron chi connectivity index (χ2n) is 5.37. The van der Waals surface area contributed by atoms with E-state index in [2.05, 4.69) is 10.6 Å². The van der Waals surface area contributed by atoms with E-state index in [0.717, 1.165) is 19.4 Å². The Labute approximate surface area is 118 Å². The van der Waals surface area contributed by atoms with Gasteiger partial charge in [-0.2, -0.15) is 0 Å². The first-order valence-electron chi connectivity index (χ1n) is 6.84. The molecule has 2 atom stereocenters. The Balaban J connectivity index is 2.00. The van der Waals surface area contributed by atoms with Gasteiger partial charge in [0.15, 0.2) is 0 Å². The lowest BCUT2D eigenvalue weighted by atomic mass is 9.96. The van der Waals surface area contributed by atoms with Crippen molar-refractivity contribution in [1.82, 2.24) is 10.6 Å². The predicted molar refractivity (Wildman–Crippen MR) is 75.5 cm³/mol. The van der Waals surface area contributed by atoms with Crippen molar-refractivity contribution in [3.8, 4) is 0 Å². The fourth-order valence-corrected chi connectivity index (χ4v) is 2.51. The van der Waals surface area contributed by atoms with Crippen LogP contribution in [0.4, 0.5) is 0 Å². The van der Waals surface area contributed by atoms with Gasteiger partial charge in [-0.15, -0.1) is 0 Å². The molecule has 1 aliphatic heterocycles. The van der Waals surface area contributed by atoms with Gasteiger partial charge in [0.1, 0.15) is 0 Å². The third-order valence-corrected chi connectivity index (χ3v) is 3.84. The van der Waals surface area contributed by atoms with Gasteiger partial charge in [0.2, 0.25) is 5.91 Å². The van der Waals surface area contributed by atoms with Crippen molar-refractivity contribution in [2.24, 2.45) is 0 Å². The van der Waals surface area contributed by atoms with Gasteiger partial charge < -0.3 is 15.7 Å². The normalized spacial score (nSPS) is 23.2. The average molecular weight is 276 g/mol. The Hall–Kier alpha value is -1.88. The Morgan fingerprint density at radius 1 is 1.40 bits per heavy atom. The molecule has 0 aromatic heterocycles. The van der Waals surface area contributed by atoms with E-state index in [0.29, 0.717) is 5.56 Å². The molecule has 5 nitrogen and oxygen atoms in total. The van der Waals surface area contributed by atoms with E-state index in [9.17, 15) is 14.7 Å². The molecule has 5 heteroatoms. The van der Waals surface area contributed by atoms with Gasteiger partial charge in [0.05, 0.1) is 11.5 Å². The first-order valence-corrected chi connectivity index (χ1v) is 6.84. The number of carbonyl (C=O) groups is 2. The number of benzene rings is 1. The number of carboxylic acids is 1. The SMILES string of the molecule is CC1(C(=O)NCC(C(=O)O)c2ccccc2)CCCN1. The van der Waals surface area contributed by atoms with E-state index in [-0.39, 0.29) is 12.5 Å². The molecule has 0 bridgehead atoms. The monoisotopic (exact) mass is 276 g/mol. The number of carboxylic acid groups (broad SMARTS) is 1. The lowest BCUT2D eigenvalue weighted by Gasteiger charge is -2.24. The maximum absolute atomic E-state index is 12.2. The van der Waals surface area contributed by atoms with Gasteiger partial charge in [-0.1, -0.05) is 30.3 Å². The molecule has 0 saturated carbocycles. The number of carbonyl (C=O) groups excluding carboxylic acids is 1. The summed E-state index contributed by atoms with van der Waals surface area (Å²) in [7, 11) is 0. The van der Waals surface area contributed by atoms with E-state index in [1.165, 1.54) is 0 Å². The van der Waals surface area contributed by atoms with Crippen LogP contribution < -0.4 is 10.6 Å². The van der Waals surface area contributed by atoms with Crippen LogP contribution in [0.1, 0.15) is 31.2 Å². The zero-order chi connectivity index (χ0) is 14.6. The summed E-state index contributed by atoms with van der Waals surface area (Å²) in [6.45, 7) is 2.79. The molecule has 3 N–H and O–H groups in total. The van der Waals surface area contributed by atoms with Crippen LogP contribution in [-0.2, 0) is 9.59 Å². The molecule has 1 aromatic carbocycles. The van der Waals surface area contributed by atoms with Gasteiger partial charge in [-0.25, -0.2) is 0 Å². The summed E-state index contributed by atoms with van der Waals surface area (Å²) < 4.78 is 0. The number of rotatable bonds is 5. The van der Waals surface area contributed by atoms with E-state index >= 15 is 0 Å². The van der Waals surface area contributed by atoms with Crippen molar-refractivity contribution in [3.63, 3.8) is 0 Å². The summed E-state index contributed by atoms with van der Waals surface area (Å²) in [5, 5.41) is 15.2. The summed E-state index contributed by atoms with van der Waals surface area (Å²) in [6.07, 6.45) is 1.74. The van der Waals surface area contributed by atoms with E-state index < -0.39 is 17.4 Å². The van der Waals surface area contributed by atoms with Gasteiger partial charge in [0.25, 0.3) is 0 Å². The lowest BCUT2D eigenvalue weighted by Crippen LogP contribution is -2.52. The Morgan fingerprint density at radius 3 is 2.65 bits per heavy atom. The predicted octanol–water partition coefficient (Wildman–Crippen LogP) is 1.11. The van der Waals surface area contributed by atoms with Crippen LogP contribution in [0, 0.1) is 0 Å². The number of amides is 1. The lowest BCUT2D eigenvalue weighted by molar-refractivity contribution is -0.138. The molecule has 2 unspecified atom stereocenters. The third kappa shape index (κ3) is 3.17. The topological polar surface area (TPSA) is 78.4 Å². The zero-order valence-corrected chi connectivity index (χ0v) is 11.6.